The average molecular weight is 368 g/mol. The number of ether oxygens (including phenoxy) is 1. The fourth-order valence-corrected chi connectivity index (χ4v) is 1.80. The zero-order chi connectivity index (χ0) is 15.7. The molecule has 0 bridgehead atoms. The van der Waals surface area contributed by atoms with Crippen molar-refractivity contribution >= 4 is 21.6 Å². The van der Waals surface area contributed by atoms with Crippen LogP contribution >= 0.6 is 15.9 Å². The fraction of sp³-hybridized carbons (Fsp3) is 0.0769. The van der Waals surface area contributed by atoms with Crippen molar-refractivity contribution < 1.29 is 26.7 Å². The molecule has 8 heteroatoms. The van der Waals surface area contributed by atoms with Gasteiger partial charge in [-0.1, -0.05) is 6.07 Å². The smallest absolute Gasteiger partial charge is 0.207 e. The van der Waals surface area contributed by atoms with Crippen molar-refractivity contribution in [2.75, 3.05) is 5.73 Å². The molecule has 21 heavy (non-hydrogen) atoms. The molecule has 0 unspecified atom stereocenters. The minimum absolute atomic E-state index is 0.341. The van der Waals surface area contributed by atoms with Crippen LogP contribution in [-0.2, 0) is 6.61 Å². The summed E-state index contributed by atoms with van der Waals surface area (Å²) in [6.45, 7) is -0.407. The molecule has 0 saturated carbocycles. The van der Waals surface area contributed by atoms with Crippen molar-refractivity contribution in [2.24, 2.45) is 0 Å². The predicted molar refractivity (Wildman–Crippen MR) is 69.1 cm³/mol. The Morgan fingerprint density at radius 2 is 1.43 bits per heavy atom. The first kappa shape index (κ1) is 15.6. The lowest BCUT2D eigenvalue weighted by Crippen LogP contribution is -2.07. The van der Waals surface area contributed by atoms with Gasteiger partial charge in [-0.05, 0) is 33.6 Å². The maximum atomic E-state index is 13.4. The van der Waals surface area contributed by atoms with E-state index in [2.05, 4.69) is 15.9 Å². The molecule has 2 N–H and O–H groups in total. The summed E-state index contributed by atoms with van der Waals surface area (Å²) in [5.41, 5.74) is 6.34. The van der Waals surface area contributed by atoms with Crippen LogP contribution in [0.25, 0.3) is 0 Å². The minimum atomic E-state index is -2.23. The molecule has 0 amide bonds. The highest BCUT2D eigenvalue weighted by Crippen LogP contribution is 2.30. The minimum Gasteiger partial charge on any atom is -0.483 e. The first-order valence-electron chi connectivity index (χ1n) is 5.51. The van der Waals surface area contributed by atoms with E-state index in [0.717, 1.165) is 0 Å². The number of hydrogen-bond donors (Lipinski definition) is 1. The number of nitrogens with two attached hydrogens (primary N) is 1. The predicted octanol–water partition coefficient (Wildman–Crippen LogP) is 4.31. The lowest BCUT2D eigenvalue weighted by atomic mass is 10.2. The molecule has 0 aliphatic rings. The zero-order valence-electron chi connectivity index (χ0n) is 10.2. The van der Waals surface area contributed by atoms with Crippen LogP contribution in [0.4, 0.5) is 27.6 Å². The molecule has 112 valence electrons. The van der Waals surface area contributed by atoms with Crippen LogP contribution in [0.15, 0.2) is 22.7 Å². The second-order valence-electron chi connectivity index (χ2n) is 4.04. The second kappa shape index (κ2) is 5.88. The highest BCUT2D eigenvalue weighted by molar-refractivity contribution is 9.10. The van der Waals surface area contributed by atoms with Gasteiger partial charge in [0.1, 0.15) is 6.61 Å². The molecule has 0 aliphatic carbocycles. The van der Waals surface area contributed by atoms with Crippen molar-refractivity contribution in [1.29, 1.82) is 0 Å². The third-order valence-electron chi connectivity index (χ3n) is 2.61. The molecule has 0 spiro atoms. The molecule has 2 aromatic rings. The number of halogens is 6. The maximum Gasteiger partial charge on any atom is 0.207 e. The van der Waals surface area contributed by atoms with Crippen molar-refractivity contribution in [3.05, 3.63) is 57.3 Å². The quantitative estimate of drug-likeness (QED) is 0.379. The third kappa shape index (κ3) is 2.94. The van der Waals surface area contributed by atoms with Gasteiger partial charge in [0.15, 0.2) is 5.75 Å². The molecule has 2 nitrogen and oxygen atoms in total. The van der Waals surface area contributed by atoms with E-state index in [0.29, 0.717) is 15.7 Å². The lowest BCUT2D eigenvalue weighted by molar-refractivity contribution is 0.253. The molecule has 0 heterocycles. The summed E-state index contributed by atoms with van der Waals surface area (Å²) in [5.74, 6) is -11.7. The first-order chi connectivity index (χ1) is 9.82. The molecule has 0 fully saturated rings. The van der Waals surface area contributed by atoms with Crippen molar-refractivity contribution in [3.8, 4) is 5.75 Å². The Kier molecular flexibility index (Phi) is 4.36. The molecule has 0 aliphatic heterocycles. The Hall–Kier alpha value is -1.83. The van der Waals surface area contributed by atoms with E-state index >= 15 is 0 Å². The van der Waals surface area contributed by atoms with Crippen LogP contribution in [0.1, 0.15) is 5.56 Å². The van der Waals surface area contributed by atoms with Gasteiger partial charge in [0.25, 0.3) is 0 Å². The molecular formula is C13H7BrF5NO. The largest absolute Gasteiger partial charge is 0.483 e. The van der Waals surface area contributed by atoms with E-state index in [-0.39, 0.29) is 0 Å². The monoisotopic (exact) mass is 367 g/mol. The standard InChI is InChI=1S/C13H7BrF5NO/c14-6-2-1-5(3-7(6)20)4-21-13-11(18)9(16)8(15)10(17)12(13)19/h1-3H,4,20H2. The second-order valence-corrected chi connectivity index (χ2v) is 4.90. The molecule has 2 aromatic carbocycles. The molecule has 0 saturated heterocycles. The Balaban J connectivity index is 2.30. The van der Waals surface area contributed by atoms with E-state index in [4.69, 9.17) is 10.5 Å². The summed E-state index contributed by atoms with van der Waals surface area (Å²) in [6, 6.07) is 4.52. The Morgan fingerprint density at radius 1 is 0.905 bits per heavy atom. The molecule has 0 radical (unpaired) electrons. The van der Waals surface area contributed by atoms with Gasteiger partial charge < -0.3 is 10.5 Å². The topological polar surface area (TPSA) is 35.2 Å². The van der Waals surface area contributed by atoms with Crippen LogP contribution in [0.2, 0.25) is 0 Å². The fourth-order valence-electron chi connectivity index (χ4n) is 1.55. The number of nitrogen functional groups attached to an aromatic ring is 1. The van der Waals surface area contributed by atoms with Gasteiger partial charge in [0, 0.05) is 10.2 Å². The molecule has 2 rings (SSSR count). The highest BCUT2D eigenvalue weighted by atomic mass is 79.9. The number of hydrogen-bond acceptors (Lipinski definition) is 2. The van der Waals surface area contributed by atoms with E-state index in [1.807, 2.05) is 0 Å². The number of anilines is 1. The summed E-state index contributed by atoms with van der Waals surface area (Å²) in [5, 5.41) is 0. The van der Waals surface area contributed by atoms with E-state index < -0.39 is 41.4 Å². The Labute approximate surface area is 124 Å². The van der Waals surface area contributed by atoms with Crippen LogP contribution in [0, 0.1) is 29.1 Å². The molecule has 0 atom stereocenters. The highest BCUT2D eigenvalue weighted by Gasteiger charge is 2.27. The SMILES string of the molecule is Nc1cc(COc2c(F)c(F)c(F)c(F)c2F)ccc1Br. The van der Waals surface area contributed by atoms with Gasteiger partial charge in [-0.15, -0.1) is 0 Å². The van der Waals surface area contributed by atoms with Gasteiger partial charge in [-0.25, -0.2) is 13.2 Å². The first-order valence-corrected chi connectivity index (χ1v) is 6.30. The average Bonchev–Trinajstić information content (AvgIpc) is 2.46. The van der Waals surface area contributed by atoms with E-state index in [9.17, 15) is 22.0 Å². The van der Waals surface area contributed by atoms with Crippen molar-refractivity contribution in [2.45, 2.75) is 6.61 Å². The van der Waals surface area contributed by atoms with Gasteiger partial charge >= 0.3 is 0 Å². The normalized spacial score (nSPS) is 10.8. The lowest BCUT2D eigenvalue weighted by Gasteiger charge is -2.11. The van der Waals surface area contributed by atoms with Crippen molar-refractivity contribution in [1.82, 2.24) is 0 Å². The third-order valence-corrected chi connectivity index (χ3v) is 3.34. The Morgan fingerprint density at radius 3 is 1.95 bits per heavy atom. The number of benzene rings is 2. The van der Waals surface area contributed by atoms with Crippen LogP contribution < -0.4 is 10.5 Å². The van der Waals surface area contributed by atoms with Crippen LogP contribution in [0.5, 0.6) is 5.75 Å². The van der Waals surface area contributed by atoms with E-state index in [1.165, 1.54) is 12.1 Å². The maximum absolute atomic E-state index is 13.4. The van der Waals surface area contributed by atoms with Gasteiger partial charge in [-0.3, -0.25) is 0 Å². The summed E-state index contributed by atoms with van der Waals surface area (Å²) >= 11 is 3.15. The van der Waals surface area contributed by atoms with Gasteiger partial charge in [0.2, 0.25) is 29.1 Å². The van der Waals surface area contributed by atoms with Crippen molar-refractivity contribution in [3.63, 3.8) is 0 Å². The van der Waals surface area contributed by atoms with E-state index in [1.54, 1.807) is 6.07 Å². The summed E-state index contributed by atoms with van der Waals surface area (Å²) in [4.78, 5) is 0. The summed E-state index contributed by atoms with van der Waals surface area (Å²) in [6.07, 6.45) is 0. The Bertz CT molecular complexity index is 678. The van der Waals surface area contributed by atoms with Gasteiger partial charge in [-0.2, -0.15) is 8.78 Å². The molecular weight excluding hydrogens is 361 g/mol. The summed E-state index contributed by atoms with van der Waals surface area (Å²) in [7, 11) is 0. The number of rotatable bonds is 3. The molecule has 0 aromatic heterocycles. The van der Waals surface area contributed by atoms with Crippen LogP contribution in [-0.4, -0.2) is 0 Å². The van der Waals surface area contributed by atoms with Gasteiger partial charge in [0.05, 0.1) is 0 Å². The zero-order valence-corrected chi connectivity index (χ0v) is 11.8. The summed E-state index contributed by atoms with van der Waals surface area (Å²) < 4.78 is 70.8. The van der Waals surface area contributed by atoms with Crippen LogP contribution in [0.3, 0.4) is 0 Å².